The van der Waals surface area contributed by atoms with Crippen molar-refractivity contribution in [2.75, 3.05) is 33.4 Å². The Morgan fingerprint density at radius 1 is 1.26 bits per heavy atom. The number of carbonyl (C=O) groups excluding carboxylic acids is 1. The molecule has 0 aliphatic carbocycles. The van der Waals surface area contributed by atoms with Crippen LogP contribution in [0.3, 0.4) is 0 Å². The van der Waals surface area contributed by atoms with E-state index in [1.807, 2.05) is 31.2 Å². The fraction of sp³-hybridized carbons (Fsp3) is 0.381. The van der Waals surface area contributed by atoms with Gasteiger partial charge in [-0.15, -0.1) is 0 Å². The lowest BCUT2D eigenvalue weighted by Crippen LogP contribution is -2.34. The van der Waals surface area contributed by atoms with E-state index in [0.29, 0.717) is 43.2 Å². The molecule has 1 fully saturated rings. The van der Waals surface area contributed by atoms with E-state index < -0.39 is 5.60 Å². The Kier molecular flexibility index (Phi) is 5.68. The van der Waals surface area contributed by atoms with Crippen molar-refractivity contribution in [3.63, 3.8) is 0 Å². The lowest BCUT2D eigenvalue weighted by atomic mass is 9.89. The molecule has 0 spiro atoms. The fourth-order valence-electron chi connectivity index (χ4n) is 3.56. The number of amides is 1. The molecule has 1 saturated heterocycles. The van der Waals surface area contributed by atoms with E-state index in [9.17, 15) is 9.90 Å². The second-order valence-electron chi connectivity index (χ2n) is 6.83. The van der Waals surface area contributed by atoms with Crippen molar-refractivity contribution >= 4 is 5.91 Å². The standard InChI is InChI=1S/C21H26N2O4/c1-15-5-3-4-6-17(15)21(25)9-11-23(14-21)20(24)16-7-8-18(26-2)19(13-16)27-12-10-22/h3-8,13,25H,9-12,14,22H2,1-2H3. The van der Waals surface area contributed by atoms with Crippen molar-refractivity contribution in [2.45, 2.75) is 18.9 Å². The third-order valence-electron chi connectivity index (χ3n) is 4.97. The van der Waals surface area contributed by atoms with Crippen molar-refractivity contribution in [2.24, 2.45) is 5.73 Å². The van der Waals surface area contributed by atoms with Gasteiger partial charge in [-0.2, -0.15) is 0 Å². The number of rotatable bonds is 6. The number of benzene rings is 2. The summed E-state index contributed by atoms with van der Waals surface area (Å²) in [6.07, 6.45) is 0.510. The summed E-state index contributed by atoms with van der Waals surface area (Å²) < 4.78 is 10.9. The molecule has 3 rings (SSSR count). The maximum atomic E-state index is 13.0. The summed E-state index contributed by atoms with van der Waals surface area (Å²) in [5.74, 6) is 0.903. The average molecular weight is 370 g/mol. The number of ether oxygens (including phenoxy) is 2. The Hall–Kier alpha value is -2.57. The van der Waals surface area contributed by atoms with Crippen molar-refractivity contribution < 1.29 is 19.4 Å². The third kappa shape index (κ3) is 3.91. The normalized spacial score (nSPS) is 19.2. The van der Waals surface area contributed by atoms with Crippen LogP contribution in [0, 0.1) is 6.92 Å². The molecule has 1 aliphatic heterocycles. The molecule has 0 radical (unpaired) electrons. The number of carbonyl (C=O) groups is 1. The molecule has 0 aromatic heterocycles. The van der Waals surface area contributed by atoms with E-state index in [2.05, 4.69) is 0 Å². The van der Waals surface area contributed by atoms with Gasteiger partial charge in [0.25, 0.3) is 5.91 Å². The Labute approximate surface area is 159 Å². The van der Waals surface area contributed by atoms with Gasteiger partial charge in [0, 0.05) is 18.7 Å². The molecular weight excluding hydrogens is 344 g/mol. The first-order valence-electron chi connectivity index (χ1n) is 9.07. The van der Waals surface area contributed by atoms with E-state index >= 15 is 0 Å². The monoisotopic (exact) mass is 370 g/mol. The van der Waals surface area contributed by atoms with Gasteiger partial charge in [0.05, 0.1) is 13.7 Å². The molecule has 2 aromatic rings. The van der Waals surface area contributed by atoms with Crippen molar-refractivity contribution in [1.29, 1.82) is 0 Å². The van der Waals surface area contributed by atoms with Gasteiger partial charge in [-0.3, -0.25) is 4.79 Å². The number of nitrogens with two attached hydrogens (primary N) is 1. The number of aliphatic hydroxyl groups is 1. The summed E-state index contributed by atoms with van der Waals surface area (Å²) in [6.45, 7) is 3.44. The lowest BCUT2D eigenvalue weighted by Gasteiger charge is -2.25. The Morgan fingerprint density at radius 2 is 2.04 bits per heavy atom. The smallest absolute Gasteiger partial charge is 0.254 e. The highest BCUT2D eigenvalue weighted by molar-refractivity contribution is 5.95. The molecule has 27 heavy (non-hydrogen) atoms. The number of methoxy groups -OCH3 is 1. The molecule has 3 N–H and O–H groups in total. The summed E-state index contributed by atoms with van der Waals surface area (Å²) in [7, 11) is 1.55. The zero-order valence-corrected chi connectivity index (χ0v) is 15.8. The summed E-state index contributed by atoms with van der Waals surface area (Å²) in [4.78, 5) is 14.7. The molecule has 1 amide bonds. The first-order valence-corrected chi connectivity index (χ1v) is 9.07. The minimum Gasteiger partial charge on any atom is -0.493 e. The van der Waals surface area contributed by atoms with Crippen LogP contribution in [0.5, 0.6) is 11.5 Å². The van der Waals surface area contributed by atoms with Gasteiger partial charge in [0.1, 0.15) is 12.2 Å². The molecule has 1 heterocycles. The van der Waals surface area contributed by atoms with E-state index in [4.69, 9.17) is 15.2 Å². The first-order chi connectivity index (χ1) is 13.0. The van der Waals surface area contributed by atoms with Crippen LogP contribution in [0.25, 0.3) is 0 Å². The van der Waals surface area contributed by atoms with Gasteiger partial charge in [-0.25, -0.2) is 0 Å². The van der Waals surface area contributed by atoms with Crippen LogP contribution in [-0.4, -0.2) is 49.3 Å². The van der Waals surface area contributed by atoms with Gasteiger partial charge < -0.3 is 25.2 Å². The topological polar surface area (TPSA) is 85.0 Å². The van der Waals surface area contributed by atoms with Gasteiger partial charge >= 0.3 is 0 Å². The summed E-state index contributed by atoms with van der Waals surface area (Å²) in [5.41, 5.74) is 6.87. The molecule has 0 saturated carbocycles. The Balaban J connectivity index is 1.80. The SMILES string of the molecule is COc1ccc(C(=O)N2CCC(O)(c3ccccc3C)C2)cc1OCCN. The maximum Gasteiger partial charge on any atom is 0.254 e. The van der Waals surface area contributed by atoms with E-state index in [0.717, 1.165) is 11.1 Å². The van der Waals surface area contributed by atoms with Crippen LogP contribution in [0.1, 0.15) is 27.9 Å². The van der Waals surface area contributed by atoms with Gasteiger partial charge in [-0.05, 0) is 42.7 Å². The largest absolute Gasteiger partial charge is 0.493 e. The molecule has 2 aromatic carbocycles. The van der Waals surface area contributed by atoms with Crippen molar-refractivity contribution in [3.05, 3.63) is 59.2 Å². The van der Waals surface area contributed by atoms with E-state index in [1.165, 1.54) is 0 Å². The summed E-state index contributed by atoms with van der Waals surface area (Å²) in [6, 6.07) is 12.8. The lowest BCUT2D eigenvalue weighted by molar-refractivity contribution is 0.0412. The van der Waals surface area contributed by atoms with Gasteiger partial charge in [-0.1, -0.05) is 24.3 Å². The summed E-state index contributed by atoms with van der Waals surface area (Å²) in [5, 5.41) is 11.1. The van der Waals surface area contributed by atoms with Gasteiger partial charge in [0.15, 0.2) is 11.5 Å². The van der Waals surface area contributed by atoms with Crippen LogP contribution in [0.15, 0.2) is 42.5 Å². The zero-order chi connectivity index (χ0) is 19.4. The Morgan fingerprint density at radius 3 is 2.74 bits per heavy atom. The van der Waals surface area contributed by atoms with Crippen molar-refractivity contribution in [1.82, 2.24) is 4.90 Å². The molecule has 0 bridgehead atoms. The first kappa shape index (κ1) is 19.2. The minimum atomic E-state index is -1.02. The second kappa shape index (κ2) is 7.98. The Bertz CT molecular complexity index is 824. The fourth-order valence-corrected chi connectivity index (χ4v) is 3.56. The molecule has 144 valence electrons. The molecular formula is C21H26N2O4. The van der Waals surface area contributed by atoms with Crippen LogP contribution in [0.2, 0.25) is 0 Å². The highest BCUT2D eigenvalue weighted by Gasteiger charge is 2.40. The predicted octanol–water partition coefficient (Wildman–Crippen LogP) is 2.07. The molecule has 1 atom stereocenters. The summed E-state index contributed by atoms with van der Waals surface area (Å²) >= 11 is 0. The molecule has 6 nitrogen and oxygen atoms in total. The highest BCUT2D eigenvalue weighted by atomic mass is 16.5. The van der Waals surface area contributed by atoms with Crippen LogP contribution in [0.4, 0.5) is 0 Å². The number of β-amino-alcohol motifs (C(OH)–C–C–N with tert-alkyl or cyclic N) is 1. The number of likely N-dealkylation sites (tertiary alicyclic amines) is 1. The minimum absolute atomic E-state index is 0.139. The number of hydrogen-bond acceptors (Lipinski definition) is 5. The number of aryl methyl sites for hydroxylation is 1. The highest BCUT2D eigenvalue weighted by Crippen LogP contribution is 2.35. The van der Waals surface area contributed by atoms with E-state index in [1.54, 1.807) is 30.2 Å². The zero-order valence-electron chi connectivity index (χ0n) is 15.8. The van der Waals surface area contributed by atoms with Gasteiger partial charge in [0.2, 0.25) is 0 Å². The van der Waals surface area contributed by atoms with Crippen LogP contribution in [-0.2, 0) is 5.60 Å². The molecule has 1 unspecified atom stereocenters. The predicted molar refractivity (Wildman–Crippen MR) is 103 cm³/mol. The quantitative estimate of drug-likeness (QED) is 0.813. The number of nitrogens with zero attached hydrogens (tertiary/aromatic N) is 1. The van der Waals surface area contributed by atoms with Crippen molar-refractivity contribution in [3.8, 4) is 11.5 Å². The molecule has 6 heteroatoms. The van der Waals surface area contributed by atoms with E-state index in [-0.39, 0.29) is 12.5 Å². The third-order valence-corrected chi connectivity index (χ3v) is 4.97. The average Bonchev–Trinajstić information content (AvgIpc) is 3.09. The number of hydrogen-bond donors (Lipinski definition) is 2. The van der Waals surface area contributed by atoms with Crippen LogP contribution >= 0.6 is 0 Å². The maximum absolute atomic E-state index is 13.0. The van der Waals surface area contributed by atoms with Crippen LogP contribution < -0.4 is 15.2 Å². The second-order valence-corrected chi connectivity index (χ2v) is 6.83. The molecule has 1 aliphatic rings.